The molecule has 76 valence electrons. The number of amides is 1. The Bertz CT molecular complexity index is 328. The second-order valence-electron chi connectivity index (χ2n) is 3.16. The zero-order valence-electron chi connectivity index (χ0n) is 7.96. The molecule has 0 radical (unpaired) electrons. The van der Waals surface area contributed by atoms with Crippen LogP contribution in [-0.2, 0) is 4.79 Å². The van der Waals surface area contributed by atoms with Crippen LogP contribution in [0.5, 0.6) is 0 Å². The van der Waals surface area contributed by atoms with Crippen LogP contribution in [0.15, 0.2) is 24.3 Å². The van der Waals surface area contributed by atoms with E-state index in [0.29, 0.717) is 6.54 Å². The van der Waals surface area contributed by atoms with E-state index in [-0.39, 0.29) is 11.8 Å². The minimum atomic E-state index is -0.275. The third kappa shape index (κ3) is 3.17. The average molecular weight is 304 g/mol. The molecule has 3 nitrogen and oxygen atoms in total. The monoisotopic (exact) mass is 304 g/mol. The standard InChI is InChI=1S/C10H13IN2O/c1-7(10(12)14)6-13-9-5-3-2-4-8(9)11/h2-5,7,13H,6H2,1H3,(H2,12,14). The van der Waals surface area contributed by atoms with Gasteiger partial charge < -0.3 is 11.1 Å². The van der Waals surface area contributed by atoms with Gasteiger partial charge in [-0.05, 0) is 34.7 Å². The smallest absolute Gasteiger partial charge is 0.222 e. The SMILES string of the molecule is CC(CNc1ccccc1I)C(N)=O. The van der Waals surface area contributed by atoms with Crippen molar-refractivity contribution in [3.63, 3.8) is 0 Å². The van der Waals surface area contributed by atoms with Gasteiger partial charge in [0.05, 0.1) is 5.92 Å². The molecule has 3 N–H and O–H groups in total. The molecule has 0 saturated heterocycles. The van der Waals surface area contributed by atoms with E-state index in [4.69, 9.17) is 5.73 Å². The summed E-state index contributed by atoms with van der Waals surface area (Å²) in [5.74, 6) is -0.422. The van der Waals surface area contributed by atoms with Crippen molar-refractivity contribution in [2.75, 3.05) is 11.9 Å². The number of carbonyl (C=O) groups excluding carboxylic acids is 1. The summed E-state index contributed by atoms with van der Waals surface area (Å²) in [6.45, 7) is 2.39. The first kappa shape index (κ1) is 11.3. The summed E-state index contributed by atoms with van der Waals surface area (Å²) < 4.78 is 1.14. The van der Waals surface area contributed by atoms with E-state index in [1.807, 2.05) is 31.2 Å². The summed E-state index contributed by atoms with van der Waals surface area (Å²) in [5.41, 5.74) is 6.20. The van der Waals surface area contributed by atoms with Crippen molar-refractivity contribution >= 4 is 34.2 Å². The van der Waals surface area contributed by atoms with Crippen molar-refractivity contribution in [2.45, 2.75) is 6.92 Å². The molecule has 0 aliphatic heterocycles. The first-order valence-corrected chi connectivity index (χ1v) is 5.47. The molecule has 14 heavy (non-hydrogen) atoms. The molecule has 0 bridgehead atoms. The Morgan fingerprint density at radius 3 is 2.79 bits per heavy atom. The molecule has 0 fully saturated rings. The maximum Gasteiger partial charge on any atom is 0.222 e. The van der Waals surface area contributed by atoms with Crippen molar-refractivity contribution in [3.8, 4) is 0 Å². The summed E-state index contributed by atoms with van der Waals surface area (Å²) in [4.78, 5) is 10.8. The lowest BCUT2D eigenvalue weighted by molar-refractivity contribution is -0.120. The molecule has 0 aromatic heterocycles. The Morgan fingerprint density at radius 1 is 1.57 bits per heavy atom. The summed E-state index contributed by atoms with van der Waals surface area (Å²) in [7, 11) is 0. The van der Waals surface area contributed by atoms with Crippen molar-refractivity contribution < 1.29 is 4.79 Å². The van der Waals surface area contributed by atoms with Gasteiger partial charge in [-0.2, -0.15) is 0 Å². The number of halogens is 1. The van der Waals surface area contributed by atoms with Gasteiger partial charge in [-0.1, -0.05) is 19.1 Å². The number of nitrogens with one attached hydrogen (secondary N) is 1. The fourth-order valence-electron chi connectivity index (χ4n) is 0.968. The summed E-state index contributed by atoms with van der Waals surface area (Å²) in [6, 6.07) is 7.93. The highest BCUT2D eigenvalue weighted by Crippen LogP contribution is 2.16. The number of benzene rings is 1. The Labute approximate surface area is 97.2 Å². The van der Waals surface area contributed by atoms with E-state index in [0.717, 1.165) is 9.26 Å². The van der Waals surface area contributed by atoms with Gasteiger partial charge in [0, 0.05) is 15.8 Å². The highest BCUT2D eigenvalue weighted by atomic mass is 127. The second-order valence-corrected chi connectivity index (χ2v) is 4.33. The number of para-hydroxylation sites is 1. The Kier molecular flexibility index (Phi) is 4.19. The number of hydrogen-bond acceptors (Lipinski definition) is 2. The number of carbonyl (C=O) groups is 1. The van der Waals surface area contributed by atoms with Crippen molar-refractivity contribution in [1.82, 2.24) is 0 Å². The van der Waals surface area contributed by atoms with Gasteiger partial charge in [0.1, 0.15) is 0 Å². The zero-order valence-corrected chi connectivity index (χ0v) is 10.1. The lowest BCUT2D eigenvalue weighted by Crippen LogP contribution is -2.26. The van der Waals surface area contributed by atoms with Crippen LogP contribution in [0.4, 0.5) is 5.69 Å². The summed E-state index contributed by atoms with van der Waals surface area (Å²) in [5, 5.41) is 3.19. The van der Waals surface area contributed by atoms with Gasteiger partial charge in [-0.15, -0.1) is 0 Å². The second kappa shape index (κ2) is 5.19. The Morgan fingerprint density at radius 2 is 2.21 bits per heavy atom. The molecule has 0 aliphatic rings. The van der Waals surface area contributed by atoms with Crippen LogP contribution in [0.2, 0.25) is 0 Å². The highest BCUT2D eigenvalue weighted by Gasteiger charge is 2.08. The Hall–Kier alpha value is -0.780. The normalized spacial score (nSPS) is 12.1. The molecule has 0 saturated carbocycles. The van der Waals surface area contributed by atoms with Crippen LogP contribution in [-0.4, -0.2) is 12.5 Å². The molecule has 1 aromatic carbocycles. The predicted molar refractivity (Wildman–Crippen MR) is 66.0 cm³/mol. The number of anilines is 1. The number of primary amides is 1. The number of nitrogens with two attached hydrogens (primary N) is 1. The lowest BCUT2D eigenvalue weighted by atomic mass is 10.1. The average Bonchev–Trinajstić information content (AvgIpc) is 2.16. The minimum absolute atomic E-state index is 0.147. The molecule has 0 spiro atoms. The first-order valence-electron chi connectivity index (χ1n) is 4.39. The van der Waals surface area contributed by atoms with Gasteiger partial charge >= 0.3 is 0 Å². The molecule has 0 heterocycles. The Balaban J connectivity index is 2.54. The van der Waals surface area contributed by atoms with Crippen LogP contribution in [0, 0.1) is 9.49 Å². The quantitative estimate of drug-likeness (QED) is 0.834. The molecule has 1 atom stereocenters. The molecule has 1 unspecified atom stereocenters. The largest absolute Gasteiger partial charge is 0.383 e. The fourth-order valence-corrected chi connectivity index (χ4v) is 1.55. The maximum absolute atomic E-state index is 10.8. The molecular weight excluding hydrogens is 291 g/mol. The van der Waals surface area contributed by atoms with E-state index in [1.54, 1.807) is 0 Å². The third-order valence-corrected chi connectivity index (χ3v) is 2.90. The first-order chi connectivity index (χ1) is 6.61. The zero-order chi connectivity index (χ0) is 10.6. The van der Waals surface area contributed by atoms with Crippen LogP contribution in [0.3, 0.4) is 0 Å². The van der Waals surface area contributed by atoms with Crippen LogP contribution in [0.25, 0.3) is 0 Å². The molecule has 1 amide bonds. The third-order valence-electron chi connectivity index (χ3n) is 1.96. The topological polar surface area (TPSA) is 55.1 Å². The molecular formula is C10H13IN2O. The van der Waals surface area contributed by atoms with Gasteiger partial charge in [0.25, 0.3) is 0 Å². The molecule has 4 heteroatoms. The van der Waals surface area contributed by atoms with Crippen molar-refractivity contribution in [3.05, 3.63) is 27.8 Å². The van der Waals surface area contributed by atoms with Gasteiger partial charge in [-0.3, -0.25) is 4.79 Å². The fraction of sp³-hybridized carbons (Fsp3) is 0.300. The number of hydrogen-bond donors (Lipinski definition) is 2. The van der Waals surface area contributed by atoms with E-state index < -0.39 is 0 Å². The van der Waals surface area contributed by atoms with E-state index in [9.17, 15) is 4.79 Å². The van der Waals surface area contributed by atoms with E-state index >= 15 is 0 Å². The summed E-state index contributed by atoms with van der Waals surface area (Å²) >= 11 is 2.25. The molecule has 1 aromatic rings. The lowest BCUT2D eigenvalue weighted by Gasteiger charge is -2.11. The van der Waals surface area contributed by atoms with Crippen LogP contribution in [0.1, 0.15) is 6.92 Å². The van der Waals surface area contributed by atoms with Gasteiger partial charge in [0.2, 0.25) is 5.91 Å². The minimum Gasteiger partial charge on any atom is -0.383 e. The highest BCUT2D eigenvalue weighted by molar-refractivity contribution is 14.1. The van der Waals surface area contributed by atoms with Crippen molar-refractivity contribution in [2.24, 2.45) is 11.7 Å². The number of rotatable bonds is 4. The van der Waals surface area contributed by atoms with E-state index in [2.05, 4.69) is 27.9 Å². The van der Waals surface area contributed by atoms with Crippen LogP contribution >= 0.6 is 22.6 Å². The molecule has 0 aliphatic carbocycles. The van der Waals surface area contributed by atoms with Gasteiger partial charge in [0.15, 0.2) is 0 Å². The maximum atomic E-state index is 10.8. The van der Waals surface area contributed by atoms with Gasteiger partial charge in [-0.25, -0.2) is 0 Å². The van der Waals surface area contributed by atoms with E-state index in [1.165, 1.54) is 0 Å². The molecule has 1 rings (SSSR count). The predicted octanol–water partition coefficient (Wildman–Crippen LogP) is 1.82. The van der Waals surface area contributed by atoms with Crippen LogP contribution < -0.4 is 11.1 Å². The van der Waals surface area contributed by atoms with Crippen molar-refractivity contribution in [1.29, 1.82) is 0 Å². The summed E-state index contributed by atoms with van der Waals surface area (Å²) in [6.07, 6.45) is 0.